The van der Waals surface area contributed by atoms with E-state index in [1.54, 1.807) is 16.4 Å². The Morgan fingerprint density at radius 3 is 2.55 bits per heavy atom. The van der Waals surface area contributed by atoms with Gasteiger partial charge in [-0.05, 0) is 61.9 Å². The van der Waals surface area contributed by atoms with Crippen molar-refractivity contribution in [2.75, 3.05) is 36.5 Å². The van der Waals surface area contributed by atoms with Crippen LogP contribution in [0.3, 0.4) is 0 Å². The largest absolute Gasteiger partial charge is 0.485 e. The lowest BCUT2D eigenvalue weighted by atomic mass is 9.81. The summed E-state index contributed by atoms with van der Waals surface area (Å²) in [5.41, 5.74) is 1.89. The van der Waals surface area contributed by atoms with E-state index in [1.807, 2.05) is 48.2 Å². The first-order valence-electron chi connectivity index (χ1n) is 18.9. The van der Waals surface area contributed by atoms with Gasteiger partial charge in [-0.3, -0.25) is 14.4 Å². The molecule has 2 aromatic carbocycles. The van der Waals surface area contributed by atoms with Crippen molar-refractivity contribution >= 4 is 46.1 Å². The van der Waals surface area contributed by atoms with E-state index < -0.39 is 23.2 Å². The highest BCUT2D eigenvalue weighted by Crippen LogP contribution is 2.39. The molecule has 1 aliphatic carbocycles. The van der Waals surface area contributed by atoms with Crippen molar-refractivity contribution in [2.24, 2.45) is 0 Å². The Kier molecular flexibility index (Phi) is 10.7. The van der Waals surface area contributed by atoms with Crippen LogP contribution < -0.4 is 20.5 Å². The van der Waals surface area contributed by atoms with Gasteiger partial charge in [0.1, 0.15) is 25.2 Å². The molecular formula is C40H39ClF3N9O5. The second-order valence-electron chi connectivity index (χ2n) is 14.3. The number of aryl methyl sites for hydroxylation is 1. The van der Waals surface area contributed by atoms with Crippen LogP contribution in [0.5, 0.6) is 5.75 Å². The molecule has 1 saturated heterocycles. The van der Waals surface area contributed by atoms with E-state index in [4.69, 9.17) is 26.1 Å². The number of nitrogens with zero attached hydrogens (tertiary/aromatic N) is 8. The van der Waals surface area contributed by atoms with Gasteiger partial charge in [0.05, 0.1) is 46.9 Å². The van der Waals surface area contributed by atoms with E-state index >= 15 is 0 Å². The summed E-state index contributed by atoms with van der Waals surface area (Å²) in [6.07, 6.45) is 0.802. The number of hydrogen-bond acceptors (Lipinski definition) is 10. The molecule has 0 spiro atoms. The maximum atomic E-state index is 14.6. The van der Waals surface area contributed by atoms with Crippen molar-refractivity contribution in [2.45, 2.75) is 70.9 Å². The number of nitrogens with one attached hydrogen (secondary N) is 1. The smallest absolute Gasteiger partial charge is 0.416 e. The molecule has 2 amide bonds. The van der Waals surface area contributed by atoms with Crippen LogP contribution in [0.2, 0.25) is 5.02 Å². The standard InChI is InChI=1S/C40H39ClF3N9O5/c1-3-29-34(50-15-16-51(31-12-11-30(31)50)37(55)33-35(23(2)45-22-46-33)58-21-24-7-5-4-6-8-24)38(56)53-39(48-36(49-53)25-13-17-57-18-14-25)52(29)20-32(54)47-28-10-9-26(19-27(28)41)40(42,43)44/h4-10,13,19,22,30-31H,3,11-12,14-18,20-21H2,1-2H3,(H,47,54)/t30-,31-/m0/s1. The maximum absolute atomic E-state index is 14.6. The molecule has 58 heavy (non-hydrogen) atoms. The normalized spacial score (nSPS) is 18.1. The third-order valence-electron chi connectivity index (χ3n) is 10.8. The highest BCUT2D eigenvalue weighted by Gasteiger charge is 2.47. The molecule has 1 saturated carbocycles. The third kappa shape index (κ3) is 7.39. The monoisotopic (exact) mass is 817 g/mol. The molecule has 14 nitrogen and oxygen atoms in total. The minimum absolute atomic E-state index is 0.00451. The second kappa shape index (κ2) is 15.9. The fourth-order valence-electron chi connectivity index (χ4n) is 7.81. The summed E-state index contributed by atoms with van der Waals surface area (Å²) in [7, 11) is 0. The van der Waals surface area contributed by atoms with Crippen LogP contribution in [0.25, 0.3) is 11.4 Å². The Labute approximate surface area is 335 Å². The van der Waals surface area contributed by atoms with Gasteiger partial charge in [0.2, 0.25) is 11.7 Å². The van der Waals surface area contributed by atoms with Crippen LogP contribution >= 0.6 is 11.6 Å². The molecule has 2 aliphatic heterocycles. The molecule has 3 aromatic heterocycles. The fourth-order valence-corrected chi connectivity index (χ4v) is 8.04. The van der Waals surface area contributed by atoms with E-state index in [-0.39, 0.29) is 59.9 Å². The summed E-state index contributed by atoms with van der Waals surface area (Å²) in [5, 5.41) is 6.98. The number of alkyl halides is 3. The van der Waals surface area contributed by atoms with E-state index in [0.717, 1.165) is 29.3 Å². The number of carbonyl (C=O) groups is 2. The number of anilines is 2. The quantitative estimate of drug-likeness (QED) is 0.185. The molecule has 5 heterocycles. The van der Waals surface area contributed by atoms with Crippen molar-refractivity contribution < 1.29 is 32.2 Å². The summed E-state index contributed by atoms with van der Waals surface area (Å²) in [4.78, 5) is 59.8. The van der Waals surface area contributed by atoms with Crippen LogP contribution in [0.15, 0.2) is 65.7 Å². The number of fused-ring (bicyclic) bond motifs is 2. The van der Waals surface area contributed by atoms with Crippen molar-refractivity contribution in [1.82, 2.24) is 34.0 Å². The molecule has 0 unspecified atom stereocenters. The van der Waals surface area contributed by atoms with Gasteiger partial charge in [-0.15, -0.1) is 5.10 Å². The Balaban J connectivity index is 1.12. The highest BCUT2D eigenvalue weighted by molar-refractivity contribution is 6.33. The molecule has 18 heteroatoms. The minimum Gasteiger partial charge on any atom is -0.485 e. The number of hydrogen-bond donors (Lipinski definition) is 1. The van der Waals surface area contributed by atoms with Crippen LogP contribution in [0, 0.1) is 6.92 Å². The van der Waals surface area contributed by atoms with Crippen LogP contribution in [-0.2, 0) is 35.3 Å². The number of carbonyl (C=O) groups excluding carboxylic acids is 2. The Hall–Kier alpha value is -5.81. The number of amides is 2. The molecule has 3 aliphatic rings. The van der Waals surface area contributed by atoms with Crippen LogP contribution in [-0.4, -0.2) is 84.2 Å². The predicted octanol–water partition coefficient (Wildman–Crippen LogP) is 5.74. The summed E-state index contributed by atoms with van der Waals surface area (Å²) in [5.74, 6) is -0.140. The SMILES string of the molecule is CCc1c(N2CCN(C(=O)c3ncnc(C)c3OCc3ccccc3)[C@H]3CC[C@@H]32)c(=O)n2nc(C3=CCOCC3)nc2n1CC(=O)Nc1ccc(C(F)(F)F)cc1Cl. The fraction of sp³-hybridized carbons (Fsp3) is 0.375. The van der Waals surface area contributed by atoms with Gasteiger partial charge >= 0.3 is 6.18 Å². The molecule has 0 bridgehead atoms. The molecule has 8 rings (SSSR count). The van der Waals surface area contributed by atoms with Gasteiger partial charge in [-0.25, -0.2) is 9.97 Å². The van der Waals surface area contributed by atoms with Gasteiger partial charge in [-0.1, -0.05) is 54.9 Å². The second-order valence-corrected chi connectivity index (χ2v) is 14.7. The van der Waals surface area contributed by atoms with Gasteiger partial charge in [-0.2, -0.15) is 22.7 Å². The Morgan fingerprint density at radius 2 is 1.86 bits per heavy atom. The zero-order chi connectivity index (χ0) is 40.7. The van der Waals surface area contributed by atoms with Crippen LogP contribution in [0.1, 0.15) is 65.0 Å². The molecule has 1 N–H and O–H groups in total. The van der Waals surface area contributed by atoms with E-state index in [2.05, 4.69) is 20.4 Å². The van der Waals surface area contributed by atoms with E-state index in [9.17, 15) is 27.6 Å². The van der Waals surface area contributed by atoms with Gasteiger partial charge in [0, 0.05) is 19.1 Å². The predicted molar refractivity (Wildman–Crippen MR) is 208 cm³/mol. The third-order valence-corrected chi connectivity index (χ3v) is 11.1. The lowest BCUT2D eigenvalue weighted by Crippen LogP contribution is -2.67. The highest BCUT2D eigenvalue weighted by atomic mass is 35.5. The first-order chi connectivity index (χ1) is 27.9. The van der Waals surface area contributed by atoms with E-state index in [0.29, 0.717) is 74.1 Å². The van der Waals surface area contributed by atoms with Crippen LogP contribution in [0.4, 0.5) is 24.5 Å². The van der Waals surface area contributed by atoms with Gasteiger partial charge in [0.15, 0.2) is 17.3 Å². The van der Waals surface area contributed by atoms with Crippen molar-refractivity contribution in [1.29, 1.82) is 0 Å². The summed E-state index contributed by atoms with van der Waals surface area (Å²) in [6, 6.07) is 11.8. The Bertz CT molecular complexity index is 2490. The number of rotatable bonds is 10. The average Bonchev–Trinajstić information content (AvgIpc) is 3.66. The number of aromatic nitrogens is 6. The zero-order valence-electron chi connectivity index (χ0n) is 31.6. The topological polar surface area (TPSA) is 149 Å². The molecular weight excluding hydrogens is 779 g/mol. The first kappa shape index (κ1) is 39.0. The number of ether oxygens (including phenoxy) is 2. The molecule has 2 fully saturated rings. The summed E-state index contributed by atoms with van der Waals surface area (Å²) in [6.45, 7) is 4.87. The lowest BCUT2D eigenvalue weighted by Gasteiger charge is -2.54. The van der Waals surface area contributed by atoms with E-state index in [1.165, 1.54) is 10.8 Å². The summed E-state index contributed by atoms with van der Waals surface area (Å²) < 4.78 is 54.4. The lowest BCUT2D eigenvalue weighted by molar-refractivity contribution is -0.137. The maximum Gasteiger partial charge on any atom is 0.416 e. The van der Waals surface area contributed by atoms with Gasteiger partial charge in [0.25, 0.3) is 11.5 Å². The zero-order valence-corrected chi connectivity index (χ0v) is 32.4. The van der Waals surface area contributed by atoms with Crippen molar-refractivity contribution in [3.8, 4) is 5.75 Å². The van der Waals surface area contributed by atoms with Crippen molar-refractivity contribution in [3.63, 3.8) is 0 Å². The molecule has 0 radical (unpaired) electrons. The average molecular weight is 818 g/mol. The van der Waals surface area contributed by atoms with Gasteiger partial charge < -0.3 is 29.2 Å². The number of halogens is 4. The first-order valence-corrected chi connectivity index (χ1v) is 19.3. The minimum atomic E-state index is -4.61. The molecule has 2 atom stereocenters. The Morgan fingerprint density at radius 1 is 1.07 bits per heavy atom. The summed E-state index contributed by atoms with van der Waals surface area (Å²) >= 11 is 6.19. The molecule has 302 valence electrons. The number of piperazine rings is 1. The number of benzene rings is 2. The van der Waals surface area contributed by atoms with Crippen molar-refractivity contribution in [3.05, 3.63) is 110 Å². The molecule has 5 aromatic rings.